The quantitative estimate of drug-likeness (QED) is 0.546. The van der Waals surface area contributed by atoms with Gasteiger partial charge in [0.25, 0.3) is 0 Å². The third-order valence-corrected chi connectivity index (χ3v) is 3.97. The fraction of sp³-hybridized carbons (Fsp3) is 0.0455. The lowest BCUT2D eigenvalue weighted by Gasteiger charge is -2.11. The summed E-state index contributed by atoms with van der Waals surface area (Å²) in [7, 11) is 0. The minimum atomic E-state index is -0.478. The van der Waals surface area contributed by atoms with E-state index in [1.54, 1.807) is 42.7 Å². The molecule has 1 aromatic heterocycles. The van der Waals surface area contributed by atoms with Gasteiger partial charge in [0.1, 0.15) is 5.82 Å². The maximum absolute atomic E-state index is 12.9. The van der Waals surface area contributed by atoms with E-state index in [9.17, 15) is 14.0 Å². The smallest absolute Gasteiger partial charge is 0.322 e. The van der Waals surface area contributed by atoms with Gasteiger partial charge in [0, 0.05) is 35.5 Å². The molecular weight excluding hydrogens is 371 g/mol. The summed E-state index contributed by atoms with van der Waals surface area (Å²) in [5.74, 6) is -0.683. The van der Waals surface area contributed by atoms with Crippen LogP contribution in [0.5, 0.6) is 0 Å². The number of aromatic nitrogens is 1. The van der Waals surface area contributed by atoms with Crippen molar-refractivity contribution >= 4 is 35.1 Å². The van der Waals surface area contributed by atoms with Crippen LogP contribution in [0.2, 0.25) is 0 Å². The summed E-state index contributed by atoms with van der Waals surface area (Å²) in [6, 6.07) is 13.8. The van der Waals surface area contributed by atoms with Crippen molar-refractivity contribution < 1.29 is 14.0 Å². The second-order valence-corrected chi connectivity index (χ2v) is 6.22. The van der Waals surface area contributed by atoms with Crippen LogP contribution in [0.25, 0.3) is 6.08 Å². The lowest BCUT2D eigenvalue weighted by atomic mass is 10.1. The summed E-state index contributed by atoms with van der Waals surface area (Å²) >= 11 is 0. The first-order chi connectivity index (χ1) is 14.0. The molecule has 0 aliphatic rings. The minimum absolute atomic E-state index is 0.301. The van der Waals surface area contributed by atoms with E-state index in [2.05, 4.69) is 20.9 Å². The summed E-state index contributed by atoms with van der Waals surface area (Å²) in [6.45, 7) is 1.85. The Labute approximate surface area is 167 Å². The molecule has 0 atom stereocenters. The van der Waals surface area contributed by atoms with Crippen LogP contribution < -0.4 is 16.0 Å². The monoisotopic (exact) mass is 390 g/mol. The highest BCUT2D eigenvalue weighted by Gasteiger charge is 2.07. The van der Waals surface area contributed by atoms with Crippen molar-refractivity contribution in [3.8, 4) is 0 Å². The third-order valence-electron chi connectivity index (χ3n) is 3.97. The van der Waals surface area contributed by atoms with E-state index in [0.29, 0.717) is 17.1 Å². The molecule has 0 saturated carbocycles. The van der Waals surface area contributed by atoms with Gasteiger partial charge in [-0.2, -0.15) is 0 Å². The molecule has 0 spiro atoms. The van der Waals surface area contributed by atoms with Crippen molar-refractivity contribution in [1.82, 2.24) is 4.98 Å². The predicted octanol–water partition coefficient (Wildman–Crippen LogP) is 4.83. The van der Waals surface area contributed by atoms with Gasteiger partial charge in [-0.15, -0.1) is 0 Å². The molecule has 2 aromatic carbocycles. The molecule has 1 heterocycles. The van der Waals surface area contributed by atoms with Gasteiger partial charge in [0.05, 0.1) is 0 Å². The number of carbonyl (C=O) groups is 2. The molecule has 3 amide bonds. The summed E-state index contributed by atoms with van der Waals surface area (Å²) in [5.41, 5.74) is 3.20. The van der Waals surface area contributed by atoms with E-state index < -0.39 is 6.03 Å². The lowest BCUT2D eigenvalue weighted by Crippen LogP contribution is -2.19. The van der Waals surface area contributed by atoms with Crippen LogP contribution in [0.3, 0.4) is 0 Å². The number of rotatable bonds is 5. The Morgan fingerprint density at radius 1 is 0.966 bits per heavy atom. The van der Waals surface area contributed by atoms with Crippen molar-refractivity contribution in [2.45, 2.75) is 6.92 Å². The summed E-state index contributed by atoms with van der Waals surface area (Å²) in [6.07, 6.45) is 6.39. The van der Waals surface area contributed by atoms with Gasteiger partial charge in [-0.25, -0.2) is 9.18 Å². The molecule has 0 saturated heterocycles. The Morgan fingerprint density at radius 2 is 1.69 bits per heavy atom. The molecule has 3 rings (SSSR count). The highest BCUT2D eigenvalue weighted by molar-refractivity contribution is 6.03. The number of aryl methyl sites for hydroxylation is 1. The maximum Gasteiger partial charge on any atom is 0.323 e. The van der Waals surface area contributed by atoms with E-state index in [1.807, 2.05) is 13.0 Å². The predicted molar refractivity (Wildman–Crippen MR) is 112 cm³/mol. The number of pyridine rings is 1. The van der Waals surface area contributed by atoms with Crippen LogP contribution in [0.15, 0.2) is 73.1 Å². The molecule has 0 unspecified atom stereocenters. The first-order valence-corrected chi connectivity index (χ1v) is 8.83. The number of nitrogens with one attached hydrogen (secondary N) is 3. The van der Waals surface area contributed by atoms with Crippen molar-refractivity contribution in [2.24, 2.45) is 0 Å². The van der Waals surface area contributed by atoms with E-state index >= 15 is 0 Å². The number of urea groups is 1. The van der Waals surface area contributed by atoms with Crippen LogP contribution in [0.4, 0.5) is 26.2 Å². The number of benzene rings is 2. The van der Waals surface area contributed by atoms with Crippen LogP contribution in [0, 0.1) is 12.7 Å². The number of halogens is 1. The SMILES string of the molecule is Cc1ccc(NC(=O)Nc2ccc(F)cc2)cc1NC(=O)/C=C\c1cccnc1. The highest BCUT2D eigenvalue weighted by Crippen LogP contribution is 2.21. The van der Waals surface area contributed by atoms with Gasteiger partial charge in [-0.05, 0) is 66.6 Å². The molecule has 0 bridgehead atoms. The average Bonchev–Trinajstić information content (AvgIpc) is 2.71. The summed E-state index contributed by atoms with van der Waals surface area (Å²) in [5, 5.41) is 8.08. The van der Waals surface area contributed by atoms with Gasteiger partial charge in [-0.3, -0.25) is 9.78 Å². The van der Waals surface area contributed by atoms with E-state index in [0.717, 1.165) is 11.1 Å². The first-order valence-electron chi connectivity index (χ1n) is 8.83. The molecule has 0 radical (unpaired) electrons. The Hall–Kier alpha value is -4.00. The third kappa shape index (κ3) is 6.00. The topological polar surface area (TPSA) is 83.1 Å². The zero-order valence-corrected chi connectivity index (χ0v) is 15.6. The standard InChI is InChI=1S/C22H19FN4O2/c1-15-4-8-19(26-22(29)25-18-9-6-17(23)7-10-18)13-20(15)27-21(28)11-5-16-3-2-12-24-14-16/h2-14H,1H3,(H,27,28)(H2,25,26,29)/b11-5-. The number of carbonyl (C=O) groups excluding carboxylic acids is 2. The number of anilines is 3. The Kier molecular flexibility index (Phi) is 6.32. The van der Waals surface area contributed by atoms with Crippen molar-refractivity contribution in [1.29, 1.82) is 0 Å². The maximum atomic E-state index is 12.9. The largest absolute Gasteiger partial charge is 0.323 e. The summed E-state index contributed by atoms with van der Waals surface area (Å²) < 4.78 is 12.9. The highest BCUT2D eigenvalue weighted by atomic mass is 19.1. The number of nitrogens with zero attached hydrogens (tertiary/aromatic N) is 1. The first kappa shape index (κ1) is 19.8. The van der Waals surface area contributed by atoms with E-state index in [1.165, 1.54) is 30.3 Å². The molecule has 29 heavy (non-hydrogen) atoms. The summed E-state index contributed by atoms with van der Waals surface area (Å²) in [4.78, 5) is 28.3. The Bertz CT molecular complexity index is 1030. The molecule has 3 aromatic rings. The van der Waals surface area contributed by atoms with Gasteiger partial charge < -0.3 is 16.0 Å². The normalized spacial score (nSPS) is 10.6. The van der Waals surface area contributed by atoms with Crippen LogP contribution >= 0.6 is 0 Å². The van der Waals surface area contributed by atoms with E-state index in [-0.39, 0.29) is 11.7 Å². The van der Waals surface area contributed by atoms with Crippen molar-refractivity contribution in [3.05, 3.63) is 90.0 Å². The molecule has 3 N–H and O–H groups in total. The number of hydrogen-bond donors (Lipinski definition) is 3. The Balaban J connectivity index is 1.63. The zero-order valence-electron chi connectivity index (χ0n) is 15.6. The van der Waals surface area contributed by atoms with Crippen molar-refractivity contribution in [3.63, 3.8) is 0 Å². The fourth-order valence-electron chi connectivity index (χ4n) is 2.48. The number of hydrogen-bond acceptors (Lipinski definition) is 3. The zero-order chi connectivity index (χ0) is 20.6. The molecule has 146 valence electrons. The average molecular weight is 390 g/mol. The van der Waals surface area contributed by atoms with Gasteiger partial charge in [0.15, 0.2) is 0 Å². The van der Waals surface area contributed by atoms with Crippen LogP contribution in [0.1, 0.15) is 11.1 Å². The fourth-order valence-corrected chi connectivity index (χ4v) is 2.48. The molecule has 7 heteroatoms. The van der Waals surface area contributed by atoms with Gasteiger partial charge in [0.2, 0.25) is 5.91 Å². The van der Waals surface area contributed by atoms with Gasteiger partial charge >= 0.3 is 6.03 Å². The van der Waals surface area contributed by atoms with Gasteiger partial charge in [-0.1, -0.05) is 12.1 Å². The number of amides is 3. The molecular formula is C22H19FN4O2. The molecule has 0 aliphatic carbocycles. The van der Waals surface area contributed by atoms with Crippen molar-refractivity contribution in [2.75, 3.05) is 16.0 Å². The minimum Gasteiger partial charge on any atom is -0.322 e. The van der Waals surface area contributed by atoms with Crippen LogP contribution in [-0.4, -0.2) is 16.9 Å². The lowest BCUT2D eigenvalue weighted by molar-refractivity contribution is -0.111. The van der Waals surface area contributed by atoms with Crippen LogP contribution in [-0.2, 0) is 4.79 Å². The second-order valence-electron chi connectivity index (χ2n) is 6.22. The molecule has 0 fully saturated rings. The Morgan fingerprint density at radius 3 is 2.41 bits per heavy atom. The molecule has 0 aliphatic heterocycles. The van der Waals surface area contributed by atoms with E-state index in [4.69, 9.17) is 0 Å². The second kappa shape index (κ2) is 9.27. The molecule has 6 nitrogen and oxygen atoms in total.